The third kappa shape index (κ3) is 3.85. The van der Waals surface area contributed by atoms with Crippen LogP contribution in [0.15, 0.2) is 24.3 Å². The van der Waals surface area contributed by atoms with E-state index in [9.17, 15) is 0 Å². The molecule has 102 valence electrons. The van der Waals surface area contributed by atoms with E-state index >= 15 is 0 Å². The molecule has 0 atom stereocenters. The molecule has 0 fully saturated rings. The topological polar surface area (TPSA) is 3.24 Å². The van der Waals surface area contributed by atoms with Crippen molar-refractivity contribution in [2.45, 2.75) is 51.5 Å². The van der Waals surface area contributed by atoms with Gasteiger partial charge in [0, 0.05) is 12.5 Å². The first-order valence-electron chi connectivity index (χ1n) is 7.59. The molecule has 0 saturated heterocycles. The summed E-state index contributed by atoms with van der Waals surface area (Å²) < 4.78 is 0. The van der Waals surface area contributed by atoms with E-state index < -0.39 is 0 Å². The summed E-state index contributed by atoms with van der Waals surface area (Å²) in [5, 5.41) is 0. The summed E-state index contributed by atoms with van der Waals surface area (Å²) in [5.41, 5.74) is 3.11. The molecule has 19 heavy (non-hydrogen) atoms. The zero-order valence-corrected chi connectivity index (χ0v) is 12.1. The molecule has 0 bridgehead atoms. The second kappa shape index (κ2) is 7.36. The van der Waals surface area contributed by atoms with Crippen LogP contribution in [0.2, 0.25) is 0 Å². The molecule has 1 aromatic carbocycles. The van der Waals surface area contributed by atoms with Gasteiger partial charge in [-0.05, 0) is 56.3 Å². The van der Waals surface area contributed by atoms with Crippen molar-refractivity contribution in [1.82, 2.24) is 4.90 Å². The van der Waals surface area contributed by atoms with Crippen molar-refractivity contribution in [3.05, 3.63) is 35.4 Å². The second-order valence-electron chi connectivity index (χ2n) is 5.53. The minimum atomic E-state index is 0.711. The van der Waals surface area contributed by atoms with Crippen LogP contribution < -0.4 is 0 Å². The highest BCUT2D eigenvalue weighted by atomic mass is 15.1. The predicted molar refractivity (Wildman–Crippen MR) is 82.2 cm³/mol. The fourth-order valence-electron chi connectivity index (χ4n) is 3.10. The van der Waals surface area contributed by atoms with Crippen molar-refractivity contribution < 1.29 is 0 Å². The molecule has 1 aromatic rings. The molecule has 0 saturated carbocycles. The number of terminal acetylenes is 1. The lowest BCUT2D eigenvalue weighted by molar-refractivity contribution is 0.198. The summed E-state index contributed by atoms with van der Waals surface area (Å²) in [5.74, 6) is 2.74. The van der Waals surface area contributed by atoms with Crippen LogP contribution in [0.25, 0.3) is 0 Å². The van der Waals surface area contributed by atoms with Gasteiger partial charge in [-0.3, -0.25) is 4.90 Å². The largest absolute Gasteiger partial charge is 0.300 e. The van der Waals surface area contributed by atoms with E-state index in [1.54, 1.807) is 11.1 Å². The second-order valence-corrected chi connectivity index (χ2v) is 5.53. The van der Waals surface area contributed by atoms with Gasteiger partial charge in [0.25, 0.3) is 0 Å². The van der Waals surface area contributed by atoms with Crippen LogP contribution in [0.1, 0.15) is 43.7 Å². The predicted octanol–water partition coefficient (Wildman–Crippen LogP) is 3.67. The van der Waals surface area contributed by atoms with Crippen LogP contribution in [0, 0.1) is 12.3 Å². The van der Waals surface area contributed by atoms with E-state index in [0.29, 0.717) is 6.04 Å². The molecule has 2 rings (SSSR count). The molecule has 1 aliphatic carbocycles. The molecule has 0 radical (unpaired) electrons. The molecule has 0 aromatic heterocycles. The van der Waals surface area contributed by atoms with Gasteiger partial charge in [0.05, 0.1) is 0 Å². The molecule has 0 heterocycles. The summed E-state index contributed by atoms with van der Waals surface area (Å²) in [6, 6.07) is 9.62. The smallest absolute Gasteiger partial charge is 0.0176 e. The number of benzene rings is 1. The number of fused-ring (bicyclic) bond motifs is 1. The lowest BCUT2D eigenvalue weighted by Crippen LogP contribution is -2.37. The molecule has 0 N–H and O–H groups in total. The molecular weight excluding hydrogens is 230 g/mol. The van der Waals surface area contributed by atoms with Gasteiger partial charge >= 0.3 is 0 Å². The Morgan fingerprint density at radius 2 is 1.84 bits per heavy atom. The first kappa shape index (κ1) is 14.2. The Morgan fingerprint density at radius 1 is 1.16 bits per heavy atom. The normalized spacial score (nSPS) is 14.6. The van der Waals surface area contributed by atoms with Crippen LogP contribution >= 0.6 is 0 Å². The Kier molecular flexibility index (Phi) is 5.48. The van der Waals surface area contributed by atoms with Crippen LogP contribution in [0.4, 0.5) is 0 Å². The van der Waals surface area contributed by atoms with E-state index in [4.69, 9.17) is 6.42 Å². The third-order valence-corrected chi connectivity index (χ3v) is 4.07. The van der Waals surface area contributed by atoms with Crippen LogP contribution in [0.3, 0.4) is 0 Å². The van der Waals surface area contributed by atoms with E-state index in [1.165, 1.54) is 38.8 Å². The van der Waals surface area contributed by atoms with Gasteiger partial charge in [0.15, 0.2) is 0 Å². The lowest BCUT2D eigenvalue weighted by atomic mass is 10.1. The van der Waals surface area contributed by atoms with E-state index in [1.807, 2.05) is 0 Å². The number of unbranched alkanes of at least 4 members (excludes halogenated alkanes) is 2. The zero-order valence-electron chi connectivity index (χ0n) is 12.1. The number of nitrogens with zero attached hydrogens (tertiary/aromatic N) is 1. The van der Waals surface area contributed by atoms with Gasteiger partial charge in [-0.25, -0.2) is 0 Å². The SMILES string of the molecule is C#CCCCCN(CCC)C1Cc2ccccc2C1. The van der Waals surface area contributed by atoms with Gasteiger partial charge in [0.2, 0.25) is 0 Å². The van der Waals surface area contributed by atoms with Crippen molar-refractivity contribution in [1.29, 1.82) is 0 Å². The van der Waals surface area contributed by atoms with Crippen LogP contribution in [-0.4, -0.2) is 24.0 Å². The minimum absolute atomic E-state index is 0.711. The molecule has 1 aliphatic rings. The highest BCUT2D eigenvalue weighted by Crippen LogP contribution is 2.25. The van der Waals surface area contributed by atoms with Crippen LogP contribution in [-0.2, 0) is 12.8 Å². The van der Waals surface area contributed by atoms with E-state index in [0.717, 1.165) is 12.8 Å². The summed E-state index contributed by atoms with van der Waals surface area (Å²) in [4.78, 5) is 2.68. The average molecular weight is 255 g/mol. The Bertz CT molecular complexity index is 405. The maximum atomic E-state index is 5.32. The number of hydrogen-bond acceptors (Lipinski definition) is 1. The summed E-state index contributed by atoms with van der Waals surface area (Å²) in [7, 11) is 0. The third-order valence-electron chi connectivity index (χ3n) is 4.07. The van der Waals surface area contributed by atoms with Crippen LogP contribution in [0.5, 0.6) is 0 Å². The van der Waals surface area contributed by atoms with Gasteiger partial charge in [0.1, 0.15) is 0 Å². The fourth-order valence-corrected chi connectivity index (χ4v) is 3.10. The standard InChI is InChI=1S/C18H25N/c1-3-5-6-9-13-19(12-4-2)18-14-16-10-7-8-11-17(16)15-18/h1,7-8,10-11,18H,4-6,9,12-15H2,2H3. The fraction of sp³-hybridized carbons (Fsp3) is 0.556. The van der Waals surface area contributed by atoms with Crippen molar-refractivity contribution in [2.24, 2.45) is 0 Å². The summed E-state index contributed by atoms with van der Waals surface area (Å²) in [6.45, 7) is 4.69. The van der Waals surface area contributed by atoms with Crippen molar-refractivity contribution in [3.63, 3.8) is 0 Å². The number of hydrogen-bond donors (Lipinski definition) is 0. The van der Waals surface area contributed by atoms with Gasteiger partial charge < -0.3 is 0 Å². The first-order chi connectivity index (χ1) is 9.35. The Balaban J connectivity index is 1.89. The highest BCUT2D eigenvalue weighted by Gasteiger charge is 2.25. The Labute approximate surface area is 118 Å². The minimum Gasteiger partial charge on any atom is -0.300 e. The molecule has 0 spiro atoms. The van der Waals surface area contributed by atoms with Gasteiger partial charge in [-0.2, -0.15) is 0 Å². The zero-order chi connectivity index (χ0) is 13.5. The Morgan fingerprint density at radius 3 is 2.42 bits per heavy atom. The lowest BCUT2D eigenvalue weighted by Gasteiger charge is -2.28. The van der Waals surface area contributed by atoms with Crippen molar-refractivity contribution >= 4 is 0 Å². The highest BCUT2D eigenvalue weighted by molar-refractivity contribution is 5.33. The van der Waals surface area contributed by atoms with E-state index in [2.05, 4.69) is 42.0 Å². The maximum absolute atomic E-state index is 5.32. The molecular formula is C18H25N. The monoisotopic (exact) mass is 255 g/mol. The number of rotatable bonds is 7. The Hall–Kier alpha value is -1.26. The first-order valence-corrected chi connectivity index (χ1v) is 7.59. The van der Waals surface area contributed by atoms with E-state index in [-0.39, 0.29) is 0 Å². The quantitative estimate of drug-likeness (QED) is 0.531. The van der Waals surface area contributed by atoms with Gasteiger partial charge in [-0.15, -0.1) is 12.3 Å². The molecule has 0 amide bonds. The molecule has 1 heteroatoms. The molecule has 0 unspecified atom stereocenters. The summed E-state index contributed by atoms with van der Waals surface area (Å²) >= 11 is 0. The molecule has 1 nitrogen and oxygen atoms in total. The van der Waals surface area contributed by atoms with Crippen molar-refractivity contribution in [3.8, 4) is 12.3 Å². The summed E-state index contributed by atoms with van der Waals surface area (Å²) in [6.07, 6.45) is 12.3. The maximum Gasteiger partial charge on any atom is 0.0176 e. The molecule has 0 aliphatic heterocycles. The average Bonchev–Trinajstić information content (AvgIpc) is 2.86. The van der Waals surface area contributed by atoms with Crippen molar-refractivity contribution in [2.75, 3.05) is 13.1 Å². The van der Waals surface area contributed by atoms with Gasteiger partial charge in [-0.1, -0.05) is 31.2 Å².